The molecule has 0 aliphatic heterocycles. The molecule has 0 saturated carbocycles. The molecule has 0 bridgehead atoms. The Morgan fingerprint density at radius 2 is 2.12 bits per heavy atom. The van der Waals surface area contributed by atoms with Crippen LogP contribution >= 0.6 is 0 Å². The number of rotatable bonds is 7. The SMILES string of the molecule is CCOC(C)C(O)Cc1ccn(C(C)CC)n1. The summed E-state index contributed by atoms with van der Waals surface area (Å²) in [7, 11) is 0. The lowest BCUT2D eigenvalue weighted by molar-refractivity contribution is -0.0212. The number of aliphatic hydroxyl groups is 1. The van der Waals surface area contributed by atoms with Gasteiger partial charge < -0.3 is 9.84 Å². The van der Waals surface area contributed by atoms with Crippen molar-refractivity contribution in [2.75, 3.05) is 6.61 Å². The van der Waals surface area contributed by atoms with Crippen molar-refractivity contribution in [1.29, 1.82) is 0 Å². The average Bonchev–Trinajstić information content (AvgIpc) is 2.76. The molecule has 0 aromatic carbocycles. The number of hydrogen-bond donors (Lipinski definition) is 1. The Morgan fingerprint density at radius 3 is 2.71 bits per heavy atom. The lowest BCUT2D eigenvalue weighted by Gasteiger charge is -2.17. The summed E-state index contributed by atoms with van der Waals surface area (Å²) in [5.74, 6) is 0. The first-order valence-electron chi connectivity index (χ1n) is 6.42. The van der Waals surface area contributed by atoms with E-state index in [1.807, 2.05) is 30.8 Å². The van der Waals surface area contributed by atoms with Crippen LogP contribution in [0.3, 0.4) is 0 Å². The highest BCUT2D eigenvalue weighted by Crippen LogP contribution is 2.11. The highest BCUT2D eigenvalue weighted by molar-refractivity contribution is 5.01. The zero-order valence-corrected chi connectivity index (χ0v) is 11.3. The van der Waals surface area contributed by atoms with E-state index in [0.29, 0.717) is 19.1 Å². The van der Waals surface area contributed by atoms with Crippen molar-refractivity contribution in [1.82, 2.24) is 9.78 Å². The predicted molar refractivity (Wildman–Crippen MR) is 68.0 cm³/mol. The van der Waals surface area contributed by atoms with E-state index in [2.05, 4.69) is 18.9 Å². The maximum absolute atomic E-state index is 9.93. The summed E-state index contributed by atoms with van der Waals surface area (Å²) in [5.41, 5.74) is 0.921. The predicted octanol–water partition coefficient (Wildman–Crippen LogP) is 2.18. The van der Waals surface area contributed by atoms with Gasteiger partial charge >= 0.3 is 0 Å². The van der Waals surface area contributed by atoms with E-state index >= 15 is 0 Å². The van der Waals surface area contributed by atoms with E-state index in [1.165, 1.54) is 0 Å². The van der Waals surface area contributed by atoms with Crippen LogP contribution in [0.1, 0.15) is 45.9 Å². The van der Waals surface area contributed by atoms with Crippen LogP contribution in [-0.4, -0.2) is 33.7 Å². The Balaban J connectivity index is 2.54. The van der Waals surface area contributed by atoms with E-state index in [1.54, 1.807) is 0 Å². The molecule has 4 heteroatoms. The molecule has 98 valence electrons. The lowest BCUT2D eigenvalue weighted by atomic mass is 10.1. The van der Waals surface area contributed by atoms with Gasteiger partial charge in [0.05, 0.1) is 17.9 Å². The number of aliphatic hydroxyl groups excluding tert-OH is 1. The Kier molecular flexibility index (Phi) is 5.65. The molecule has 1 heterocycles. The summed E-state index contributed by atoms with van der Waals surface area (Å²) in [6, 6.07) is 2.37. The van der Waals surface area contributed by atoms with Crippen LogP contribution in [0, 0.1) is 0 Å². The van der Waals surface area contributed by atoms with Gasteiger partial charge in [-0.15, -0.1) is 0 Å². The minimum Gasteiger partial charge on any atom is -0.390 e. The quantitative estimate of drug-likeness (QED) is 0.794. The van der Waals surface area contributed by atoms with Crippen molar-refractivity contribution >= 4 is 0 Å². The van der Waals surface area contributed by atoms with Crippen molar-refractivity contribution in [2.45, 2.75) is 58.8 Å². The van der Waals surface area contributed by atoms with Gasteiger partial charge in [0.1, 0.15) is 0 Å². The second-order valence-corrected chi connectivity index (χ2v) is 4.48. The van der Waals surface area contributed by atoms with Crippen LogP contribution < -0.4 is 0 Å². The number of nitrogens with zero attached hydrogens (tertiary/aromatic N) is 2. The highest BCUT2D eigenvalue weighted by atomic mass is 16.5. The molecular weight excluding hydrogens is 216 g/mol. The van der Waals surface area contributed by atoms with Crippen molar-refractivity contribution in [3.05, 3.63) is 18.0 Å². The molecule has 1 aromatic heterocycles. The second kappa shape index (κ2) is 6.77. The van der Waals surface area contributed by atoms with E-state index in [9.17, 15) is 5.11 Å². The maximum Gasteiger partial charge on any atom is 0.0855 e. The molecule has 0 fully saturated rings. The van der Waals surface area contributed by atoms with Crippen LogP contribution in [0.15, 0.2) is 12.3 Å². The largest absolute Gasteiger partial charge is 0.390 e. The Bertz CT molecular complexity index is 325. The van der Waals surface area contributed by atoms with Gasteiger partial charge in [0.2, 0.25) is 0 Å². The maximum atomic E-state index is 9.93. The molecule has 0 amide bonds. The summed E-state index contributed by atoms with van der Waals surface area (Å²) in [6.07, 6.45) is 2.94. The van der Waals surface area contributed by atoms with Gasteiger partial charge in [-0.3, -0.25) is 4.68 Å². The van der Waals surface area contributed by atoms with Crippen LogP contribution in [0.4, 0.5) is 0 Å². The summed E-state index contributed by atoms with van der Waals surface area (Å²) >= 11 is 0. The van der Waals surface area contributed by atoms with Crippen LogP contribution in [0.25, 0.3) is 0 Å². The van der Waals surface area contributed by atoms with Gasteiger partial charge in [-0.2, -0.15) is 5.10 Å². The van der Waals surface area contributed by atoms with Gasteiger partial charge in [-0.1, -0.05) is 6.92 Å². The molecule has 0 saturated heterocycles. The Labute approximate surface area is 104 Å². The molecule has 0 spiro atoms. The van der Waals surface area contributed by atoms with Crippen LogP contribution in [0.2, 0.25) is 0 Å². The smallest absolute Gasteiger partial charge is 0.0855 e. The first-order valence-corrected chi connectivity index (χ1v) is 6.42. The molecular formula is C13H24N2O2. The Hall–Kier alpha value is -0.870. The third-order valence-corrected chi connectivity index (χ3v) is 3.10. The molecule has 1 aromatic rings. The van der Waals surface area contributed by atoms with E-state index in [4.69, 9.17) is 4.74 Å². The lowest BCUT2D eigenvalue weighted by Crippen LogP contribution is -2.28. The zero-order valence-electron chi connectivity index (χ0n) is 11.3. The summed E-state index contributed by atoms with van der Waals surface area (Å²) in [4.78, 5) is 0. The molecule has 4 nitrogen and oxygen atoms in total. The van der Waals surface area contributed by atoms with Gasteiger partial charge in [0.25, 0.3) is 0 Å². The number of ether oxygens (including phenoxy) is 1. The number of hydrogen-bond acceptors (Lipinski definition) is 3. The second-order valence-electron chi connectivity index (χ2n) is 4.48. The minimum absolute atomic E-state index is 0.145. The monoisotopic (exact) mass is 240 g/mol. The van der Waals surface area contributed by atoms with Crippen molar-refractivity contribution in [3.8, 4) is 0 Å². The fourth-order valence-corrected chi connectivity index (χ4v) is 1.67. The fraction of sp³-hybridized carbons (Fsp3) is 0.769. The van der Waals surface area contributed by atoms with E-state index in [0.717, 1.165) is 12.1 Å². The Morgan fingerprint density at radius 1 is 1.41 bits per heavy atom. The molecule has 17 heavy (non-hydrogen) atoms. The first-order chi connectivity index (χ1) is 8.08. The van der Waals surface area contributed by atoms with E-state index < -0.39 is 6.10 Å². The van der Waals surface area contributed by atoms with Crippen LogP contribution in [-0.2, 0) is 11.2 Å². The molecule has 3 unspecified atom stereocenters. The average molecular weight is 240 g/mol. The number of aromatic nitrogens is 2. The topological polar surface area (TPSA) is 47.3 Å². The fourth-order valence-electron chi connectivity index (χ4n) is 1.67. The molecule has 0 aliphatic carbocycles. The third kappa shape index (κ3) is 4.13. The van der Waals surface area contributed by atoms with Crippen molar-refractivity contribution < 1.29 is 9.84 Å². The summed E-state index contributed by atoms with van der Waals surface area (Å²) in [6.45, 7) is 8.72. The molecule has 0 aliphatic rings. The molecule has 1 N–H and O–H groups in total. The molecule has 0 radical (unpaired) electrons. The van der Waals surface area contributed by atoms with Crippen molar-refractivity contribution in [2.24, 2.45) is 0 Å². The van der Waals surface area contributed by atoms with E-state index in [-0.39, 0.29) is 6.10 Å². The van der Waals surface area contributed by atoms with Gasteiger partial charge in [0, 0.05) is 25.3 Å². The van der Waals surface area contributed by atoms with Crippen LogP contribution in [0.5, 0.6) is 0 Å². The standard InChI is InChI=1S/C13H24N2O2/c1-5-10(3)15-8-7-12(14-15)9-13(16)11(4)17-6-2/h7-8,10-11,13,16H,5-6,9H2,1-4H3. The normalized spacial score (nSPS) is 16.8. The van der Waals surface area contributed by atoms with Gasteiger partial charge in [-0.05, 0) is 33.3 Å². The summed E-state index contributed by atoms with van der Waals surface area (Å²) < 4.78 is 7.32. The third-order valence-electron chi connectivity index (χ3n) is 3.10. The highest BCUT2D eigenvalue weighted by Gasteiger charge is 2.16. The van der Waals surface area contributed by atoms with Gasteiger partial charge in [-0.25, -0.2) is 0 Å². The summed E-state index contributed by atoms with van der Waals surface area (Å²) in [5, 5.41) is 14.4. The minimum atomic E-state index is -0.491. The zero-order chi connectivity index (χ0) is 12.8. The first kappa shape index (κ1) is 14.2. The molecule has 3 atom stereocenters. The van der Waals surface area contributed by atoms with Gasteiger partial charge in [0.15, 0.2) is 0 Å². The molecule has 1 rings (SSSR count). The van der Waals surface area contributed by atoms with Crippen molar-refractivity contribution in [3.63, 3.8) is 0 Å².